The maximum atomic E-state index is 9.98. The monoisotopic (exact) mass is 208 g/mol. The van der Waals surface area contributed by atoms with Crippen molar-refractivity contribution >= 4 is 0 Å². The number of hydrogen-bond acceptors (Lipinski definition) is 3. The molecule has 1 saturated heterocycles. The maximum Gasteiger partial charge on any atom is 0.115 e. The van der Waals surface area contributed by atoms with Gasteiger partial charge in [-0.05, 0) is 31.0 Å². The highest BCUT2D eigenvalue weighted by Gasteiger charge is 2.30. The van der Waals surface area contributed by atoms with E-state index < -0.39 is 6.10 Å². The van der Waals surface area contributed by atoms with Gasteiger partial charge in [-0.1, -0.05) is 12.1 Å². The zero-order chi connectivity index (χ0) is 10.8. The number of hydrogen-bond donors (Lipinski definition) is 2. The summed E-state index contributed by atoms with van der Waals surface area (Å²) in [5, 5.41) is 19.4. The highest BCUT2D eigenvalue weighted by atomic mass is 16.5. The highest BCUT2D eigenvalue weighted by molar-refractivity contribution is 5.30. The molecule has 1 aliphatic rings. The lowest BCUT2D eigenvalue weighted by molar-refractivity contribution is -0.0761. The molecule has 0 bridgehead atoms. The summed E-state index contributed by atoms with van der Waals surface area (Å²) in [5.74, 6) is 0.319. The van der Waals surface area contributed by atoms with Gasteiger partial charge in [0.25, 0.3) is 0 Å². The van der Waals surface area contributed by atoms with Crippen LogP contribution in [0.1, 0.15) is 24.8 Å². The van der Waals surface area contributed by atoms with Crippen LogP contribution in [0, 0.1) is 0 Å². The van der Waals surface area contributed by atoms with Gasteiger partial charge in [0.05, 0.1) is 12.2 Å². The van der Waals surface area contributed by atoms with Gasteiger partial charge in [0.15, 0.2) is 0 Å². The summed E-state index contributed by atoms with van der Waals surface area (Å²) in [6, 6.07) is 7.09. The minimum atomic E-state index is -0.486. The molecule has 0 aliphatic carbocycles. The van der Waals surface area contributed by atoms with E-state index in [0.29, 0.717) is 6.61 Å². The standard InChI is InChI=1S/C12H16O3/c1-8-12(14)11(5-6-15-8)9-3-2-4-10(13)7-9/h2-4,7-8,11-14H,5-6H2,1H3. The molecule has 0 saturated carbocycles. The van der Waals surface area contributed by atoms with Gasteiger partial charge in [-0.2, -0.15) is 0 Å². The number of aromatic hydroxyl groups is 1. The molecule has 0 aromatic heterocycles. The van der Waals surface area contributed by atoms with E-state index in [1.165, 1.54) is 0 Å². The lowest BCUT2D eigenvalue weighted by Crippen LogP contribution is -2.37. The molecule has 2 N–H and O–H groups in total. The van der Waals surface area contributed by atoms with Crippen LogP contribution >= 0.6 is 0 Å². The molecule has 1 aromatic carbocycles. The second-order valence-corrected chi connectivity index (χ2v) is 4.06. The molecular weight excluding hydrogens is 192 g/mol. The van der Waals surface area contributed by atoms with E-state index in [2.05, 4.69) is 0 Å². The number of phenols is 1. The summed E-state index contributed by atoms with van der Waals surface area (Å²) < 4.78 is 5.36. The molecule has 82 valence electrons. The zero-order valence-corrected chi connectivity index (χ0v) is 8.76. The Morgan fingerprint density at radius 3 is 2.93 bits per heavy atom. The smallest absolute Gasteiger partial charge is 0.115 e. The van der Waals surface area contributed by atoms with Gasteiger partial charge in [-0.3, -0.25) is 0 Å². The van der Waals surface area contributed by atoms with Gasteiger partial charge in [-0.25, -0.2) is 0 Å². The molecule has 3 atom stereocenters. The lowest BCUT2D eigenvalue weighted by Gasteiger charge is -2.33. The molecular formula is C12H16O3. The number of ether oxygens (including phenoxy) is 1. The van der Waals surface area contributed by atoms with E-state index in [1.807, 2.05) is 13.0 Å². The molecule has 1 fully saturated rings. The van der Waals surface area contributed by atoms with Crippen LogP contribution < -0.4 is 0 Å². The third kappa shape index (κ3) is 2.13. The first-order chi connectivity index (χ1) is 7.18. The fourth-order valence-electron chi connectivity index (χ4n) is 2.10. The van der Waals surface area contributed by atoms with E-state index in [9.17, 15) is 10.2 Å². The molecule has 3 heteroatoms. The van der Waals surface area contributed by atoms with Crippen LogP contribution in [0.25, 0.3) is 0 Å². The molecule has 2 rings (SSSR count). The molecule has 3 unspecified atom stereocenters. The first-order valence-corrected chi connectivity index (χ1v) is 5.27. The third-order valence-electron chi connectivity index (χ3n) is 3.00. The van der Waals surface area contributed by atoms with Gasteiger partial charge in [0.2, 0.25) is 0 Å². The summed E-state index contributed by atoms with van der Waals surface area (Å²) in [6.07, 6.45) is 0.182. The zero-order valence-electron chi connectivity index (χ0n) is 8.76. The summed E-state index contributed by atoms with van der Waals surface area (Å²) in [6.45, 7) is 2.54. The second kappa shape index (κ2) is 4.21. The molecule has 1 aromatic rings. The molecule has 15 heavy (non-hydrogen) atoms. The Morgan fingerprint density at radius 1 is 1.40 bits per heavy atom. The normalized spacial score (nSPS) is 31.5. The van der Waals surface area contributed by atoms with E-state index in [4.69, 9.17) is 4.74 Å². The molecule has 3 nitrogen and oxygen atoms in total. The van der Waals surface area contributed by atoms with Crippen LogP contribution in [0.3, 0.4) is 0 Å². The van der Waals surface area contributed by atoms with Crippen molar-refractivity contribution < 1.29 is 14.9 Å². The number of benzene rings is 1. The first kappa shape index (κ1) is 10.5. The summed E-state index contributed by atoms with van der Waals surface area (Å²) >= 11 is 0. The predicted molar refractivity (Wildman–Crippen MR) is 56.9 cm³/mol. The Labute approximate surface area is 89.3 Å². The second-order valence-electron chi connectivity index (χ2n) is 4.06. The van der Waals surface area contributed by atoms with Gasteiger partial charge in [-0.15, -0.1) is 0 Å². The number of phenolic OH excluding ortho intramolecular Hbond substituents is 1. The quantitative estimate of drug-likeness (QED) is 0.737. The van der Waals surface area contributed by atoms with Crippen molar-refractivity contribution in [2.24, 2.45) is 0 Å². The van der Waals surface area contributed by atoms with Crippen LogP contribution in [0.4, 0.5) is 0 Å². The molecule has 1 heterocycles. The van der Waals surface area contributed by atoms with Gasteiger partial charge >= 0.3 is 0 Å². The van der Waals surface area contributed by atoms with Crippen molar-refractivity contribution in [3.05, 3.63) is 29.8 Å². The van der Waals surface area contributed by atoms with Crippen molar-refractivity contribution in [1.29, 1.82) is 0 Å². The van der Waals surface area contributed by atoms with Crippen LogP contribution in [0.15, 0.2) is 24.3 Å². The van der Waals surface area contributed by atoms with Crippen LogP contribution in [-0.4, -0.2) is 29.0 Å². The Bertz CT molecular complexity index is 337. The van der Waals surface area contributed by atoms with Crippen LogP contribution in [0.5, 0.6) is 5.75 Å². The van der Waals surface area contributed by atoms with Crippen molar-refractivity contribution in [2.45, 2.75) is 31.5 Å². The van der Waals surface area contributed by atoms with Crippen LogP contribution in [-0.2, 0) is 4.74 Å². The third-order valence-corrected chi connectivity index (χ3v) is 3.00. The largest absolute Gasteiger partial charge is 0.508 e. The number of aliphatic hydroxyl groups excluding tert-OH is 1. The predicted octanol–water partition coefficient (Wildman–Crippen LogP) is 1.65. The van der Waals surface area contributed by atoms with Crippen molar-refractivity contribution in [3.63, 3.8) is 0 Å². The minimum absolute atomic E-state index is 0.0702. The average Bonchev–Trinajstić information content (AvgIpc) is 2.22. The van der Waals surface area contributed by atoms with Crippen molar-refractivity contribution in [3.8, 4) is 5.75 Å². The van der Waals surface area contributed by atoms with Crippen LogP contribution in [0.2, 0.25) is 0 Å². The van der Waals surface area contributed by atoms with E-state index in [1.54, 1.807) is 18.2 Å². The van der Waals surface area contributed by atoms with E-state index >= 15 is 0 Å². The Hall–Kier alpha value is -1.06. The van der Waals surface area contributed by atoms with Crippen molar-refractivity contribution in [2.75, 3.05) is 6.61 Å². The lowest BCUT2D eigenvalue weighted by atomic mass is 9.86. The highest BCUT2D eigenvalue weighted by Crippen LogP contribution is 2.31. The minimum Gasteiger partial charge on any atom is -0.508 e. The Balaban J connectivity index is 2.22. The number of aliphatic hydroxyl groups is 1. The Kier molecular flexibility index (Phi) is 2.93. The molecule has 0 radical (unpaired) electrons. The first-order valence-electron chi connectivity index (χ1n) is 5.27. The van der Waals surface area contributed by atoms with Gasteiger partial charge in [0.1, 0.15) is 5.75 Å². The topological polar surface area (TPSA) is 49.7 Å². The number of rotatable bonds is 1. The maximum absolute atomic E-state index is 9.98. The van der Waals surface area contributed by atoms with E-state index in [-0.39, 0.29) is 17.8 Å². The Morgan fingerprint density at radius 2 is 2.20 bits per heavy atom. The average molecular weight is 208 g/mol. The fourth-order valence-corrected chi connectivity index (χ4v) is 2.10. The summed E-state index contributed by atoms with van der Waals surface area (Å²) in [7, 11) is 0. The fraction of sp³-hybridized carbons (Fsp3) is 0.500. The summed E-state index contributed by atoms with van der Waals surface area (Å²) in [4.78, 5) is 0. The van der Waals surface area contributed by atoms with Gasteiger partial charge in [0, 0.05) is 12.5 Å². The SMILES string of the molecule is CC1OCCC(c2cccc(O)c2)C1O. The van der Waals surface area contributed by atoms with Gasteiger partial charge < -0.3 is 14.9 Å². The van der Waals surface area contributed by atoms with Crippen molar-refractivity contribution in [1.82, 2.24) is 0 Å². The van der Waals surface area contributed by atoms with E-state index in [0.717, 1.165) is 12.0 Å². The molecule has 0 amide bonds. The molecule has 0 spiro atoms. The summed E-state index contributed by atoms with van der Waals surface area (Å²) in [5.41, 5.74) is 0.984. The molecule has 1 aliphatic heterocycles.